The summed E-state index contributed by atoms with van der Waals surface area (Å²) < 4.78 is -0.0901. The topological polar surface area (TPSA) is 0 Å². The quantitative estimate of drug-likeness (QED) is 0.265. The molecule has 0 amide bonds. The first kappa shape index (κ1) is 22.1. The Morgan fingerprint density at radius 3 is 1.85 bits per heavy atom. The molecule has 0 nitrogen and oxygen atoms in total. The molecule has 0 bridgehead atoms. The summed E-state index contributed by atoms with van der Waals surface area (Å²) in [4.78, 5) is 0. The van der Waals surface area contributed by atoms with Gasteiger partial charge in [-0.1, -0.05) is 136 Å². The Bertz CT molecular complexity index is 1360. The summed E-state index contributed by atoms with van der Waals surface area (Å²) in [6.07, 6.45) is 5.82. The minimum absolute atomic E-state index is 0.0895. The Morgan fingerprint density at radius 1 is 0.706 bits per heavy atom. The van der Waals surface area contributed by atoms with E-state index in [2.05, 4.69) is 136 Å². The second kappa shape index (κ2) is 6.85. The SMILES string of the molecule is CC(C)(C)c1ccc2c(c1)C1(C3=C2C=CC(Br)(C(C)(C)C)C3)c2ccccc2-c2ccccc21. The molecule has 6 rings (SSSR count). The standard InChI is InChI=1S/C33H33Br/c1-30(2,3)21-15-16-24-25-17-18-32(34,31(4,5)6)20-29(25)33(28(24)19-21)26-13-9-7-11-22(26)23-12-8-10-14-27(23)33/h7-19H,20H2,1-6H3. The fraction of sp³-hybridized carbons (Fsp3) is 0.333. The molecule has 0 fully saturated rings. The van der Waals surface area contributed by atoms with Gasteiger partial charge in [0.25, 0.3) is 0 Å². The zero-order chi connectivity index (χ0) is 24.1. The van der Waals surface area contributed by atoms with Crippen molar-refractivity contribution in [3.63, 3.8) is 0 Å². The van der Waals surface area contributed by atoms with Gasteiger partial charge in [-0.15, -0.1) is 0 Å². The Hall–Kier alpha value is -2.38. The van der Waals surface area contributed by atoms with Crippen molar-refractivity contribution in [1.82, 2.24) is 0 Å². The van der Waals surface area contributed by atoms with E-state index in [-0.39, 0.29) is 20.6 Å². The molecule has 1 unspecified atom stereocenters. The van der Waals surface area contributed by atoms with E-state index in [0.717, 1.165) is 6.42 Å². The minimum Gasteiger partial charge on any atom is -0.0798 e. The highest BCUT2D eigenvalue weighted by Crippen LogP contribution is 2.66. The Labute approximate surface area is 212 Å². The summed E-state index contributed by atoms with van der Waals surface area (Å²) in [5.41, 5.74) is 12.8. The van der Waals surface area contributed by atoms with Crippen LogP contribution in [0.4, 0.5) is 0 Å². The van der Waals surface area contributed by atoms with Crippen LogP contribution in [-0.4, -0.2) is 4.32 Å². The van der Waals surface area contributed by atoms with Crippen molar-refractivity contribution in [2.24, 2.45) is 5.41 Å². The third kappa shape index (κ3) is 2.71. The molecule has 0 aliphatic heterocycles. The highest BCUT2D eigenvalue weighted by atomic mass is 79.9. The number of halogens is 1. The van der Waals surface area contributed by atoms with Crippen LogP contribution in [0, 0.1) is 5.41 Å². The van der Waals surface area contributed by atoms with E-state index in [4.69, 9.17) is 0 Å². The number of fused-ring (bicyclic) bond motifs is 9. The summed E-state index contributed by atoms with van der Waals surface area (Å²) in [7, 11) is 0. The Balaban J connectivity index is 1.74. The fourth-order valence-corrected chi connectivity index (χ4v) is 6.81. The predicted octanol–water partition coefficient (Wildman–Crippen LogP) is 9.21. The van der Waals surface area contributed by atoms with Crippen LogP contribution in [0.2, 0.25) is 0 Å². The monoisotopic (exact) mass is 508 g/mol. The molecule has 3 aromatic rings. The zero-order valence-corrected chi connectivity index (χ0v) is 22.7. The van der Waals surface area contributed by atoms with E-state index >= 15 is 0 Å². The highest BCUT2D eigenvalue weighted by molar-refractivity contribution is 9.10. The normalized spacial score (nSPS) is 22.0. The summed E-state index contributed by atoms with van der Waals surface area (Å²) >= 11 is 4.23. The van der Waals surface area contributed by atoms with Gasteiger partial charge in [0.05, 0.1) is 9.74 Å². The van der Waals surface area contributed by atoms with Crippen molar-refractivity contribution in [1.29, 1.82) is 0 Å². The molecule has 3 aliphatic carbocycles. The van der Waals surface area contributed by atoms with Gasteiger partial charge in [0.1, 0.15) is 0 Å². The van der Waals surface area contributed by atoms with Crippen molar-refractivity contribution in [2.75, 3.05) is 0 Å². The number of hydrogen-bond acceptors (Lipinski definition) is 0. The minimum atomic E-state index is -0.242. The molecule has 3 aromatic carbocycles. The van der Waals surface area contributed by atoms with Crippen LogP contribution in [0.1, 0.15) is 75.8 Å². The van der Waals surface area contributed by atoms with Gasteiger partial charge in [-0.25, -0.2) is 0 Å². The molecule has 3 aliphatic rings. The van der Waals surface area contributed by atoms with Gasteiger partial charge in [-0.2, -0.15) is 0 Å². The second-order valence-corrected chi connectivity index (χ2v) is 13.8. The largest absolute Gasteiger partial charge is 0.0798 e. The van der Waals surface area contributed by atoms with Gasteiger partial charge in [0.15, 0.2) is 0 Å². The zero-order valence-electron chi connectivity index (χ0n) is 21.1. The summed E-state index contributed by atoms with van der Waals surface area (Å²) in [6, 6.07) is 25.5. The molecule has 1 spiro atoms. The molecular weight excluding hydrogens is 476 g/mol. The first-order chi connectivity index (χ1) is 16.0. The number of alkyl halides is 1. The van der Waals surface area contributed by atoms with Crippen LogP contribution in [0.15, 0.2) is 84.5 Å². The van der Waals surface area contributed by atoms with E-state index in [1.54, 1.807) is 5.57 Å². The fourth-order valence-electron chi connectivity index (χ4n) is 6.40. The molecule has 0 heterocycles. The number of rotatable bonds is 0. The van der Waals surface area contributed by atoms with E-state index in [1.165, 1.54) is 44.5 Å². The second-order valence-electron chi connectivity index (χ2n) is 12.4. The number of allylic oxidation sites excluding steroid dienone is 4. The third-order valence-corrected chi connectivity index (χ3v) is 10.2. The van der Waals surface area contributed by atoms with Gasteiger partial charge in [0.2, 0.25) is 0 Å². The maximum atomic E-state index is 4.23. The van der Waals surface area contributed by atoms with Crippen LogP contribution in [0.3, 0.4) is 0 Å². The smallest absolute Gasteiger partial charge is 0.0689 e. The maximum absolute atomic E-state index is 4.23. The van der Waals surface area contributed by atoms with E-state index in [9.17, 15) is 0 Å². The van der Waals surface area contributed by atoms with Gasteiger partial charge in [0, 0.05) is 0 Å². The van der Waals surface area contributed by atoms with Crippen molar-refractivity contribution < 1.29 is 0 Å². The van der Waals surface area contributed by atoms with Gasteiger partial charge >= 0.3 is 0 Å². The summed E-state index contributed by atoms with van der Waals surface area (Å²) in [6.45, 7) is 14.0. The molecule has 0 saturated heterocycles. The lowest BCUT2D eigenvalue weighted by molar-refractivity contribution is 0.327. The van der Waals surface area contributed by atoms with Gasteiger partial charge in [-0.3, -0.25) is 0 Å². The molecule has 0 saturated carbocycles. The lowest BCUT2D eigenvalue weighted by atomic mass is 9.64. The average Bonchev–Trinajstić information content (AvgIpc) is 3.24. The molecule has 0 aromatic heterocycles. The molecule has 1 heteroatoms. The molecule has 1 atom stereocenters. The van der Waals surface area contributed by atoms with Crippen molar-refractivity contribution in [3.8, 4) is 11.1 Å². The third-order valence-electron chi connectivity index (χ3n) is 8.50. The average molecular weight is 510 g/mol. The molecule has 0 N–H and O–H groups in total. The van der Waals surface area contributed by atoms with E-state index in [1.807, 2.05) is 0 Å². The lowest BCUT2D eigenvalue weighted by Crippen LogP contribution is -2.40. The lowest BCUT2D eigenvalue weighted by Gasteiger charge is -2.44. The van der Waals surface area contributed by atoms with Gasteiger partial charge in [-0.05, 0) is 67.3 Å². The van der Waals surface area contributed by atoms with E-state index in [0.29, 0.717) is 0 Å². The summed E-state index contributed by atoms with van der Waals surface area (Å²) in [5.74, 6) is 0. The van der Waals surface area contributed by atoms with E-state index < -0.39 is 0 Å². The molecular formula is C33H33Br. The Kier molecular flexibility index (Phi) is 4.45. The molecule has 172 valence electrons. The molecule has 0 radical (unpaired) electrons. The van der Waals surface area contributed by atoms with Crippen molar-refractivity contribution in [3.05, 3.63) is 112 Å². The van der Waals surface area contributed by atoms with Crippen molar-refractivity contribution in [2.45, 2.75) is 63.1 Å². The van der Waals surface area contributed by atoms with Crippen molar-refractivity contribution >= 4 is 21.5 Å². The maximum Gasteiger partial charge on any atom is 0.0689 e. The van der Waals surface area contributed by atoms with Crippen LogP contribution >= 0.6 is 15.9 Å². The Morgan fingerprint density at radius 2 is 1.29 bits per heavy atom. The molecule has 34 heavy (non-hydrogen) atoms. The van der Waals surface area contributed by atoms with Crippen LogP contribution < -0.4 is 0 Å². The first-order valence-electron chi connectivity index (χ1n) is 12.4. The predicted molar refractivity (Wildman–Crippen MR) is 149 cm³/mol. The van der Waals surface area contributed by atoms with Crippen LogP contribution in [0.5, 0.6) is 0 Å². The van der Waals surface area contributed by atoms with Crippen LogP contribution in [0.25, 0.3) is 16.7 Å². The number of benzene rings is 3. The number of hydrogen-bond donors (Lipinski definition) is 0. The first-order valence-corrected chi connectivity index (χ1v) is 13.2. The van der Waals surface area contributed by atoms with Gasteiger partial charge < -0.3 is 0 Å². The van der Waals surface area contributed by atoms with Crippen LogP contribution in [-0.2, 0) is 10.8 Å². The summed E-state index contributed by atoms with van der Waals surface area (Å²) in [5, 5.41) is 0. The highest BCUT2D eigenvalue weighted by Gasteiger charge is 2.56.